The quantitative estimate of drug-likeness (QED) is 0.228. The van der Waals surface area contributed by atoms with E-state index in [4.69, 9.17) is 11.5 Å². The van der Waals surface area contributed by atoms with Gasteiger partial charge in [-0.3, -0.25) is 19.6 Å². The lowest BCUT2D eigenvalue weighted by atomic mass is 10.1. The van der Waals surface area contributed by atoms with Gasteiger partial charge in [-0.2, -0.15) is 0 Å². The van der Waals surface area contributed by atoms with Crippen LogP contribution in [0, 0.1) is 0 Å². The van der Waals surface area contributed by atoms with E-state index in [9.17, 15) is 9.59 Å². The van der Waals surface area contributed by atoms with E-state index < -0.39 is 0 Å². The number of hydrogen-bond donors (Lipinski definition) is 4. The summed E-state index contributed by atoms with van der Waals surface area (Å²) < 4.78 is 0. The summed E-state index contributed by atoms with van der Waals surface area (Å²) in [7, 11) is 3.24. The summed E-state index contributed by atoms with van der Waals surface area (Å²) in [5.41, 5.74) is 15.7. The molecule has 0 saturated carbocycles. The maximum Gasteiger partial charge on any atom is 0.255 e. The number of hydrogen-bond acceptors (Lipinski definition) is 4. The summed E-state index contributed by atoms with van der Waals surface area (Å²) in [4.78, 5) is 32.6. The highest BCUT2D eigenvalue weighted by molar-refractivity contribution is 6.05. The van der Waals surface area contributed by atoms with E-state index >= 15 is 0 Å². The van der Waals surface area contributed by atoms with Crippen LogP contribution in [-0.4, -0.2) is 37.6 Å². The van der Waals surface area contributed by atoms with Crippen molar-refractivity contribution in [2.24, 2.45) is 21.5 Å². The largest absolute Gasteiger partial charge is 0.384 e. The number of nitrogens with zero attached hydrogens (tertiary/aromatic N) is 2. The zero-order chi connectivity index (χ0) is 24.5. The first-order chi connectivity index (χ1) is 16.4. The van der Waals surface area contributed by atoms with Gasteiger partial charge in [0.2, 0.25) is 5.91 Å². The number of aliphatic imine (C=N–C) groups is 2. The Kier molecular flexibility index (Phi) is 9.74. The number of nitrogens with one attached hydrogen (secondary N) is 2. The third kappa shape index (κ3) is 7.55. The zero-order valence-corrected chi connectivity index (χ0v) is 20.2. The monoisotopic (exact) mass is 490 g/mol. The molecule has 9 heteroatoms. The molecule has 0 aliphatic heterocycles. The summed E-state index contributed by atoms with van der Waals surface area (Å²) >= 11 is 0. The second kappa shape index (κ2) is 12.7. The van der Waals surface area contributed by atoms with Gasteiger partial charge in [0.1, 0.15) is 11.7 Å². The molecule has 3 aromatic rings. The van der Waals surface area contributed by atoms with Crippen molar-refractivity contribution in [3.63, 3.8) is 0 Å². The Morgan fingerprint density at radius 1 is 0.686 bits per heavy atom. The van der Waals surface area contributed by atoms with Gasteiger partial charge in [0.15, 0.2) is 0 Å². The Labute approximate surface area is 210 Å². The maximum atomic E-state index is 12.5. The molecule has 3 rings (SSSR count). The highest BCUT2D eigenvalue weighted by atomic mass is 35.5. The molecule has 0 unspecified atom stereocenters. The van der Waals surface area contributed by atoms with Crippen molar-refractivity contribution in [2.45, 2.75) is 0 Å². The topological polar surface area (TPSA) is 135 Å². The van der Waals surface area contributed by atoms with E-state index in [1.807, 2.05) is 0 Å². The number of nitrogens with two attached hydrogens (primary N) is 2. The first kappa shape index (κ1) is 26.8. The molecule has 8 nitrogen and oxygen atoms in total. The smallest absolute Gasteiger partial charge is 0.255 e. The normalized spacial score (nSPS) is 11.6. The summed E-state index contributed by atoms with van der Waals surface area (Å²) in [6, 6.07) is 21.1. The number of halogens is 1. The molecule has 3 aromatic carbocycles. The van der Waals surface area contributed by atoms with Crippen molar-refractivity contribution in [3.8, 4) is 0 Å². The lowest BCUT2D eigenvalue weighted by Gasteiger charge is -2.07. The lowest BCUT2D eigenvalue weighted by Crippen LogP contribution is -2.14. The van der Waals surface area contributed by atoms with Crippen molar-refractivity contribution >= 4 is 53.3 Å². The van der Waals surface area contributed by atoms with Crippen LogP contribution in [0.2, 0.25) is 0 Å². The molecule has 0 atom stereocenters. The number of anilines is 2. The minimum atomic E-state index is -0.274. The fourth-order valence-corrected chi connectivity index (χ4v) is 3.01. The van der Waals surface area contributed by atoms with Gasteiger partial charge >= 0.3 is 0 Å². The predicted octanol–water partition coefficient (Wildman–Crippen LogP) is 3.68. The van der Waals surface area contributed by atoms with Crippen molar-refractivity contribution in [1.29, 1.82) is 0 Å². The van der Waals surface area contributed by atoms with Crippen molar-refractivity contribution in [3.05, 3.63) is 101 Å². The fraction of sp³-hybridized carbons (Fsp3) is 0.0769. The second-order valence-electron chi connectivity index (χ2n) is 7.27. The number of benzene rings is 3. The predicted molar refractivity (Wildman–Crippen MR) is 145 cm³/mol. The Bertz CT molecular complexity index is 1250. The second-order valence-corrected chi connectivity index (χ2v) is 7.27. The zero-order valence-electron chi connectivity index (χ0n) is 19.4. The van der Waals surface area contributed by atoms with E-state index in [1.165, 1.54) is 6.08 Å². The Balaban J connectivity index is 0.00000432. The molecule has 0 spiro atoms. The number of carbonyl (C=O) groups is 2. The van der Waals surface area contributed by atoms with Crippen molar-refractivity contribution in [1.82, 2.24) is 0 Å². The number of amidine groups is 2. The van der Waals surface area contributed by atoms with Gasteiger partial charge in [-0.1, -0.05) is 12.1 Å². The van der Waals surface area contributed by atoms with E-state index in [2.05, 4.69) is 20.6 Å². The van der Waals surface area contributed by atoms with Crippen LogP contribution in [0.4, 0.5) is 11.4 Å². The Morgan fingerprint density at radius 3 is 1.57 bits per heavy atom. The third-order valence-corrected chi connectivity index (χ3v) is 4.97. The summed E-state index contributed by atoms with van der Waals surface area (Å²) in [6.45, 7) is 0. The molecule has 0 heterocycles. The summed E-state index contributed by atoms with van der Waals surface area (Å²) in [5.74, 6) is 0.347. The van der Waals surface area contributed by atoms with Crippen LogP contribution in [0.15, 0.2) is 88.9 Å². The van der Waals surface area contributed by atoms with Gasteiger partial charge in [0.05, 0.1) is 0 Å². The van der Waals surface area contributed by atoms with Crippen LogP contribution < -0.4 is 22.1 Å². The summed E-state index contributed by atoms with van der Waals surface area (Å²) in [5, 5.41) is 5.62. The molecule has 35 heavy (non-hydrogen) atoms. The highest BCUT2D eigenvalue weighted by Gasteiger charge is 2.07. The van der Waals surface area contributed by atoms with Crippen molar-refractivity contribution in [2.75, 3.05) is 24.7 Å². The van der Waals surface area contributed by atoms with Crippen LogP contribution in [0.1, 0.15) is 27.0 Å². The maximum absolute atomic E-state index is 12.5. The van der Waals surface area contributed by atoms with Crippen LogP contribution in [0.5, 0.6) is 0 Å². The van der Waals surface area contributed by atoms with E-state index in [1.54, 1.807) is 93.0 Å². The van der Waals surface area contributed by atoms with Gasteiger partial charge in [-0.25, -0.2) is 0 Å². The van der Waals surface area contributed by atoms with Gasteiger partial charge in [0, 0.05) is 48.2 Å². The van der Waals surface area contributed by atoms with Crippen molar-refractivity contribution < 1.29 is 9.59 Å². The molecule has 0 bridgehead atoms. The molecule has 0 radical (unpaired) electrons. The molecule has 0 aromatic heterocycles. The first-order valence-corrected chi connectivity index (χ1v) is 10.5. The minimum absolute atomic E-state index is 0. The Morgan fingerprint density at radius 2 is 1.11 bits per heavy atom. The number of rotatable bonds is 7. The summed E-state index contributed by atoms with van der Waals surface area (Å²) in [6.07, 6.45) is 3.10. The molecular weight excluding hydrogens is 464 g/mol. The standard InChI is InChI=1S/C26H26N6O2.ClH/c1-29-24(27)18-8-12-21(13-9-18)31-23(33)16-5-17-3-6-20(7-4-17)26(34)32-22-14-10-19(11-15-22)25(28)30-2;/h3-16H,1-2H3,(H2,27,29)(H2,28,30)(H,31,33)(H,32,34);1H. The van der Waals surface area contributed by atoms with Gasteiger partial charge in [-0.05, 0) is 72.3 Å². The molecule has 0 fully saturated rings. The lowest BCUT2D eigenvalue weighted by molar-refractivity contribution is -0.111. The molecule has 0 aliphatic carbocycles. The number of amides is 2. The van der Waals surface area contributed by atoms with Gasteiger partial charge < -0.3 is 22.1 Å². The molecule has 6 N–H and O–H groups in total. The fourth-order valence-electron chi connectivity index (χ4n) is 3.01. The van der Waals surface area contributed by atoms with E-state index in [0.29, 0.717) is 28.6 Å². The van der Waals surface area contributed by atoms with E-state index in [-0.39, 0.29) is 24.2 Å². The van der Waals surface area contributed by atoms with Gasteiger partial charge in [-0.15, -0.1) is 12.4 Å². The molecule has 0 saturated heterocycles. The van der Waals surface area contributed by atoms with Gasteiger partial charge in [0.25, 0.3) is 5.91 Å². The third-order valence-electron chi connectivity index (χ3n) is 4.97. The first-order valence-electron chi connectivity index (χ1n) is 10.5. The molecular formula is C26H27ClN6O2. The molecule has 2 amide bonds. The Hall–Kier alpha value is -4.43. The molecule has 180 valence electrons. The minimum Gasteiger partial charge on any atom is -0.384 e. The van der Waals surface area contributed by atoms with Crippen LogP contribution in [0.25, 0.3) is 6.08 Å². The molecule has 0 aliphatic rings. The highest BCUT2D eigenvalue weighted by Crippen LogP contribution is 2.13. The average molecular weight is 491 g/mol. The van der Waals surface area contributed by atoms with Crippen LogP contribution in [0.3, 0.4) is 0 Å². The van der Waals surface area contributed by atoms with Crippen LogP contribution >= 0.6 is 12.4 Å². The SMILES string of the molecule is CN=C(N)c1ccc(NC(=O)C=Cc2ccc(C(=O)Nc3ccc(C(N)=NC)cc3)cc2)cc1.Cl. The van der Waals surface area contributed by atoms with Crippen LogP contribution in [-0.2, 0) is 4.79 Å². The van der Waals surface area contributed by atoms with E-state index in [0.717, 1.165) is 16.7 Å². The number of carbonyl (C=O) groups excluding carboxylic acids is 2. The average Bonchev–Trinajstić information content (AvgIpc) is 2.87.